The minimum absolute atomic E-state index is 0.0570. The molecule has 2 atom stereocenters. The number of hydrogen-bond donors (Lipinski definition) is 4. The number of hydrogen-bond acceptors (Lipinski definition) is 6. The molecule has 0 aliphatic heterocycles. The van der Waals surface area contributed by atoms with Crippen LogP contribution in [0.1, 0.15) is 41.4 Å². The molecule has 0 aliphatic rings. The van der Waals surface area contributed by atoms with E-state index in [2.05, 4.69) is 15.6 Å². The topological polar surface area (TPSA) is 155 Å². The molecule has 3 aromatic heterocycles. The van der Waals surface area contributed by atoms with Crippen LogP contribution < -0.4 is 16.3 Å². The smallest absolute Gasteiger partial charge is 0.339 e. The number of nitrogens with one attached hydrogen (secondary N) is 3. The second-order valence-electron chi connectivity index (χ2n) is 10.4. The molecule has 2 amide bonds. The van der Waals surface area contributed by atoms with Crippen LogP contribution in [-0.4, -0.2) is 40.0 Å². The molecule has 10 heteroatoms. The monoisotopic (exact) mass is 557 g/mol. The highest BCUT2D eigenvalue weighted by Crippen LogP contribution is 2.31. The zero-order valence-electron chi connectivity index (χ0n) is 23.2. The van der Waals surface area contributed by atoms with Gasteiger partial charge in [0, 0.05) is 52.3 Å². The van der Waals surface area contributed by atoms with Gasteiger partial charge in [-0.15, -0.1) is 0 Å². The van der Waals surface area contributed by atoms with Crippen molar-refractivity contribution in [3.8, 4) is 0 Å². The first kappa shape index (κ1) is 27.7. The van der Waals surface area contributed by atoms with Gasteiger partial charge in [0.1, 0.15) is 29.0 Å². The largest absolute Gasteiger partial charge is 0.480 e. The number of carboxylic acids is 1. The molecule has 10 nitrogen and oxygen atoms in total. The molecule has 5 aromatic rings. The van der Waals surface area contributed by atoms with Crippen molar-refractivity contribution >= 4 is 50.6 Å². The second-order valence-corrected chi connectivity index (χ2v) is 10.4. The predicted molar refractivity (Wildman–Crippen MR) is 154 cm³/mol. The molecule has 0 aliphatic carbocycles. The van der Waals surface area contributed by atoms with Crippen LogP contribution in [0.4, 0.5) is 0 Å². The summed E-state index contributed by atoms with van der Waals surface area (Å²) >= 11 is 0. The predicted octanol–water partition coefficient (Wildman–Crippen LogP) is 4.20. The van der Waals surface area contributed by atoms with Gasteiger partial charge in [0.15, 0.2) is 0 Å². The Labute approximate surface area is 234 Å². The molecule has 0 saturated carbocycles. The number of benzene rings is 2. The molecular weight excluding hydrogens is 526 g/mol. The second kappa shape index (κ2) is 11.0. The highest BCUT2D eigenvalue weighted by atomic mass is 16.4. The molecule has 2 unspecified atom stereocenters. The van der Waals surface area contributed by atoms with Gasteiger partial charge in [-0.2, -0.15) is 0 Å². The molecular formula is C31H31N3O7. The van der Waals surface area contributed by atoms with Crippen LogP contribution in [0.25, 0.3) is 32.8 Å². The fraction of sp³-hybridized carbons (Fsp3) is 0.290. The number of furan rings is 1. The summed E-state index contributed by atoms with van der Waals surface area (Å²) in [6.07, 6.45) is 1.86. The number of H-pyrrole nitrogens is 1. The van der Waals surface area contributed by atoms with E-state index in [0.717, 1.165) is 44.1 Å². The fourth-order valence-electron chi connectivity index (χ4n) is 5.15. The van der Waals surface area contributed by atoms with E-state index in [-0.39, 0.29) is 19.3 Å². The summed E-state index contributed by atoms with van der Waals surface area (Å²) in [5.74, 6) is -1.47. The molecule has 0 spiro atoms. The van der Waals surface area contributed by atoms with Gasteiger partial charge in [-0.3, -0.25) is 9.59 Å². The Hall–Kier alpha value is -4.86. The standard InChI is InChI=1S/C31H31N3O7/c1-15-18(4)40-26-13-27-23(12-22(15)26)16(2)20(31(39)41-27)9-10-28(35)33-17(3)29(36)34-25(30(37)38)11-19-14-32-24-8-6-5-7-21(19)24/h5-8,12-14,17,25,32H,9-11H2,1-4H3,(H,33,35)(H,34,36)(H,37,38). The summed E-state index contributed by atoms with van der Waals surface area (Å²) in [5.41, 5.74) is 4.25. The highest BCUT2D eigenvalue weighted by Gasteiger charge is 2.25. The van der Waals surface area contributed by atoms with Gasteiger partial charge in [-0.25, -0.2) is 9.59 Å². The molecule has 2 aromatic carbocycles. The van der Waals surface area contributed by atoms with Crippen LogP contribution in [0.2, 0.25) is 0 Å². The lowest BCUT2D eigenvalue weighted by molar-refractivity contribution is -0.142. The van der Waals surface area contributed by atoms with Crippen LogP contribution in [0.3, 0.4) is 0 Å². The number of carboxylic acid groups (broad SMARTS) is 1. The maximum atomic E-state index is 12.8. The van der Waals surface area contributed by atoms with Crippen molar-refractivity contribution in [1.29, 1.82) is 0 Å². The number of aliphatic carboxylic acids is 1. The van der Waals surface area contributed by atoms with Crippen molar-refractivity contribution in [3.63, 3.8) is 0 Å². The van der Waals surface area contributed by atoms with E-state index < -0.39 is 35.5 Å². The zero-order valence-corrected chi connectivity index (χ0v) is 23.2. The maximum absolute atomic E-state index is 12.8. The number of carbonyl (C=O) groups excluding carboxylic acids is 2. The maximum Gasteiger partial charge on any atom is 0.339 e. The molecule has 0 saturated heterocycles. The van der Waals surface area contributed by atoms with E-state index >= 15 is 0 Å². The highest BCUT2D eigenvalue weighted by molar-refractivity contribution is 5.97. The SMILES string of the molecule is Cc1oc2cc3oc(=O)c(CCC(=O)NC(C)C(=O)NC(Cc4c[nH]c5ccccc45)C(=O)O)c(C)c3cc2c1C. The van der Waals surface area contributed by atoms with Crippen molar-refractivity contribution in [2.24, 2.45) is 0 Å². The first-order valence-corrected chi connectivity index (χ1v) is 13.4. The van der Waals surface area contributed by atoms with Crippen molar-refractivity contribution in [1.82, 2.24) is 15.6 Å². The number of aryl methyl sites for hydroxylation is 3. The van der Waals surface area contributed by atoms with Crippen LogP contribution >= 0.6 is 0 Å². The molecule has 4 N–H and O–H groups in total. The first-order valence-electron chi connectivity index (χ1n) is 13.4. The Morgan fingerprint density at radius 1 is 0.951 bits per heavy atom. The summed E-state index contributed by atoms with van der Waals surface area (Å²) in [4.78, 5) is 53.2. The van der Waals surface area contributed by atoms with E-state index in [1.165, 1.54) is 6.92 Å². The van der Waals surface area contributed by atoms with Crippen LogP contribution in [0.5, 0.6) is 0 Å². The first-order chi connectivity index (χ1) is 19.5. The molecule has 0 bridgehead atoms. The summed E-state index contributed by atoms with van der Waals surface area (Å²) in [6, 6.07) is 8.96. The van der Waals surface area contributed by atoms with Gasteiger partial charge >= 0.3 is 11.6 Å². The van der Waals surface area contributed by atoms with E-state index in [9.17, 15) is 24.3 Å². The Kier molecular flexibility index (Phi) is 7.40. The molecule has 0 radical (unpaired) electrons. The van der Waals surface area contributed by atoms with E-state index in [0.29, 0.717) is 16.7 Å². The average Bonchev–Trinajstić information content (AvgIpc) is 3.46. The Morgan fingerprint density at radius 2 is 1.66 bits per heavy atom. The van der Waals surface area contributed by atoms with Gasteiger partial charge in [-0.1, -0.05) is 18.2 Å². The minimum Gasteiger partial charge on any atom is -0.480 e. The van der Waals surface area contributed by atoms with Gasteiger partial charge in [0.2, 0.25) is 11.8 Å². The number of para-hydroxylation sites is 1. The zero-order chi connectivity index (χ0) is 29.4. The van der Waals surface area contributed by atoms with Gasteiger partial charge in [-0.05, 0) is 62.9 Å². The number of aromatic amines is 1. The van der Waals surface area contributed by atoms with E-state index in [4.69, 9.17) is 8.83 Å². The quantitative estimate of drug-likeness (QED) is 0.198. The average molecular weight is 558 g/mol. The lowest BCUT2D eigenvalue weighted by Gasteiger charge is -2.19. The van der Waals surface area contributed by atoms with Crippen molar-refractivity contribution in [2.45, 2.75) is 59.0 Å². The minimum atomic E-state index is -1.18. The number of carbonyl (C=O) groups is 3. The van der Waals surface area contributed by atoms with Crippen molar-refractivity contribution < 1.29 is 28.3 Å². The van der Waals surface area contributed by atoms with Crippen LogP contribution in [0.15, 0.2) is 56.2 Å². The molecule has 212 valence electrons. The molecule has 0 fully saturated rings. The van der Waals surface area contributed by atoms with Crippen molar-refractivity contribution in [3.05, 3.63) is 81.0 Å². The van der Waals surface area contributed by atoms with Gasteiger partial charge in [0.25, 0.3) is 0 Å². The van der Waals surface area contributed by atoms with Crippen LogP contribution in [0, 0.1) is 20.8 Å². The third kappa shape index (κ3) is 5.45. The van der Waals surface area contributed by atoms with E-state index in [1.807, 2.05) is 51.1 Å². The van der Waals surface area contributed by atoms with Crippen molar-refractivity contribution in [2.75, 3.05) is 0 Å². The molecule has 3 heterocycles. The Morgan fingerprint density at radius 3 is 2.41 bits per heavy atom. The lowest BCUT2D eigenvalue weighted by atomic mass is 10.0. The number of rotatable bonds is 9. The third-order valence-corrected chi connectivity index (χ3v) is 7.67. The number of aromatic nitrogens is 1. The molecule has 5 rings (SSSR count). The lowest BCUT2D eigenvalue weighted by Crippen LogP contribution is -2.51. The number of amides is 2. The summed E-state index contributed by atoms with van der Waals surface area (Å²) in [6.45, 7) is 7.13. The third-order valence-electron chi connectivity index (χ3n) is 7.67. The van der Waals surface area contributed by atoms with Crippen LogP contribution in [-0.2, 0) is 27.2 Å². The Bertz CT molecular complexity index is 1880. The summed E-state index contributed by atoms with van der Waals surface area (Å²) in [7, 11) is 0. The summed E-state index contributed by atoms with van der Waals surface area (Å²) < 4.78 is 11.3. The Balaban J connectivity index is 1.23. The van der Waals surface area contributed by atoms with Gasteiger partial charge < -0.3 is 29.6 Å². The normalized spacial score (nSPS) is 13.0. The summed E-state index contributed by atoms with van der Waals surface area (Å²) in [5, 5.41) is 17.4. The van der Waals surface area contributed by atoms with E-state index in [1.54, 1.807) is 12.3 Å². The van der Waals surface area contributed by atoms with Gasteiger partial charge in [0.05, 0.1) is 0 Å². The fourth-order valence-corrected chi connectivity index (χ4v) is 5.15. The molecule has 41 heavy (non-hydrogen) atoms. The number of fused-ring (bicyclic) bond motifs is 3.